The number of nitrogens with zero attached hydrogens (tertiary/aromatic N) is 4. The summed E-state index contributed by atoms with van der Waals surface area (Å²) < 4.78 is 7.25. The molecule has 0 radical (unpaired) electrons. The fourth-order valence-electron chi connectivity index (χ4n) is 1.85. The zero-order chi connectivity index (χ0) is 13.9. The highest BCUT2D eigenvalue weighted by Gasteiger charge is 2.17. The van der Waals surface area contributed by atoms with Crippen LogP contribution in [0, 0.1) is 6.92 Å². The molecule has 1 unspecified atom stereocenters. The Bertz CT molecular complexity index is 692. The molecule has 0 bridgehead atoms. The van der Waals surface area contributed by atoms with Crippen LogP contribution in [0.25, 0.3) is 5.69 Å². The van der Waals surface area contributed by atoms with E-state index in [1.807, 2.05) is 54.9 Å². The smallest absolute Gasteiger partial charge is 0.239 e. The van der Waals surface area contributed by atoms with Crippen molar-refractivity contribution in [2.24, 2.45) is 0 Å². The monoisotopic (exact) mass is 286 g/mol. The molecule has 0 fully saturated rings. The van der Waals surface area contributed by atoms with Gasteiger partial charge in [-0.15, -0.1) is 0 Å². The van der Waals surface area contributed by atoms with Gasteiger partial charge in [-0.25, -0.2) is 4.98 Å². The van der Waals surface area contributed by atoms with Crippen LogP contribution in [-0.4, -0.2) is 19.7 Å². The van der Waals surface area contributed by atoms with Crippen molar-refractivity contribution in [3.05, 3.63) is 54.4 Å². The predicted molar refractivity (Wildman–Crippen MR) is 76.9 cm³/mol. The van der Waals surface area contributed by atoms with E-state index in [1.165, 1.54) is 0 Å². The van der Waals surface area contributed by atoms with Gasteiger partial charge >= 0.3 is 0 Å². The maximum absolute atomic E-state index is 5.20. The van der Waals surface area contributed by atoms with Gasteiger partial charge in [-0.2, -0.15) is 4.98 Å². The molecule has 20 heavy (non-hydrogen) atoms. The average molecular weight is 286 g/mol. The number of aryl methyl sites for hydroxylation is 1. The SMILES string of the molecule is Cc1noc(C(C)Sc2nccn2-c2ccccc2)n1. The second-order valence-electron chi connectivity index (χ2n) is 4.36. The number of imidazole rings is 1. The van der Waals surface area contributed by atoms with Crippen molar-refractivity contribution in [3.63, 3.8) is 0 Å². The van der Waals surface area contributed by atoms with Gasteiger partial charge in [-0.05, 0) is 26.0 Å². The van der Waals surface area contributed by atoms with Crippen molar-refractivity contribution < 1.29 is 4.52 Å². The minimum Gasteiger partial charge on any atom is -0.338 e. The topological polar surface area (TPSA) is 56.7 Å². The van der Waals surface area contributed by atoms with E-state index in [0.29, 0.717) is 11.7 Å². The normalized spacial score (nSPS) is 12.5. The van der Waals surface area contributed by atoms with Crippen LogP contribution in [0.5, 0.6) is 0 Å². The summed E-state index contributed by atoms with van der Waals surface area (Å²) in [6.45, 7) is 3.84. The number of thioether (sulfide) groups is 1. The van der Waals surface area contributed by atoms with Gasteiger partial charge in [0.25, 0.3) is 0 Å². The summed E-state index contributed by atoms with van der Waals surface area (Å²) in [6, 6.07) is 10.1. The Labute approximate surface area is 121 Å². The Hall–Kier alpha value is -2.08. The molecule has 2 heterocycles. The van der Waals surface area contributed by atoms with Crippen LogP contribution in [0.1, 0.15) is 23.9 Å². The van der Waals surface area contributed by atoms with E-state index in [2.05, 4.69) is 15.1 Å². The van der Waals surface area contributed by atoms with Crippen LogP contribution in [0.2, 0.25) is 0 Å². The zero-order valence-corrected chi connectivity index (χ0v) is 12.0. The largest absolute Gasteiger partial charge is 0.338 e. The summed E-state index contributed by atoms with van der Waals surface area (Å²) >= 11 is 1.59. The molecule has 1 aromatic carbocycles. The fourth-order valence-corrected chi connectivity index (χ4v) is 2.76. The molecule has 0 N–H and O–H groups in total. The Balaban J connectivity index is 1.84. The third-order valence-corrected chi connectivity index (χ3v) is 3.88. The number of para-hydroxylation sites is 1. The van der Waals surface area contributed by atoms with Crippen molar-refractivity contribution in [1.29, 1.82) is 0 Å². The molecule has 3 aromatic rings. The van der Waals surface area contributed by atoms with Crippen molar-refractivity contribution in [1.82, 2.24) is 19.7 Å². The molecule has 0 aliphatic heterocycles. The molecule has 0 aliphatic rings. The molecule has 6 heteroatoms. The molecule has 0 aliphatic carbocycles. The number of hydrogen-bond donors (Lipinski definition) is 0. The van der Waals surface area contributed by atoms with Gasteiger partial charge in [0.1, 0.15) is 0 Å². The number of aromatic nitrogens is 4. The van der Waals surface area contributed by atoms with E-state index in [9.17, 15) is 0 Å². The van der Waals surface area contributed by atoms with Crippen LogP contribution in [0.3, 0.4) is 0 Å². The first-order valence-electron chi connectivity index (χ1n) is 6.29. The summed E-state index contributed by atoms with van der Waals surface area (Å²) in [5.74, 6) is 1.27. The molecule has 0 saturated heterocycles. The summed E-state index contributed by atoms with van der Waals surface area (Å²) in [5.41, 5.74) is 1.08. The van der Waals surface area contributed by atoms with Crippen molar-refractivity contribution in [3.8, 4) is 5.69 Å². The standard InChI is InChI=1S/C14H14N4OS/c1-10(13-16-11(2)17-19-13)20-14-15-8-9-18(14)12-6-4-3-5-7-12/h3-10H,1-2H3. The first-order chi connectivity index (χ1) is 9.74. The predicted octanol–water partition coefficient (Wildman–Crippen LogP) is 3.42. The maximum atomic E-state index is 5.20. The lowest BCUT2D eigenvalue weighted by Gasteiger charge is -2.09. The average Bonchev–Trinajstić information content (AvgIpc) is 3.09. The molecule has 2 aromatic heterocycles. The molecular formula is C14H14N4OS. The maximum Gasteiger partial charge on any atom is 0.239 e. The minimum absolute atomic E-state index is 0.0565. The van der Waals surface area contributed by atoms with Crippen molar-refractivity contribution in [2.75, 3.05) is 0 Å². The molecule has 3 rings (SSSR count). The first-order valence-corrected chi connectivity index (χ1v) is 7.17. The molecule has 1 atom stereocenters. The van der Waals surface area contributed by atoms with E-state index < -0.39 is 0 Å². The Morgan fingerprint density at radius 1 is 1.25 bits per heavy atom. The summed E-state index contributed by atoms with van der Waals surface area (Å²) in [6.07, 6.45) is 3.74. The van der Waals surface area contributed by atoms with Crippen LogP contribution in [0.15, 0.2) is 52.4 Å². The quantitative estimate of drug-likeness (QED) is 0.688. The summed E-state index contributed by atoms with van der Waals surface area (Å²) in [4.78, 5) is 8.66. The van der Waals surface area contributed by atoms with E-state index in [0.717, 1.165) is 10.8 Å². The molecule has 0 amide bonds. The Morgan fingerprint density at radius 3 is 2.75 bits per heavy atom. The lowest BCUT2D eigenvalue weighted by molar-refractivity contribution is 0.376. The van der Waals surface area contributed by atoms with Gasteiger partial charge in [0, 0.05) is 18.1 Å². The minimum atomic E-state index is 0.0565. The summed E-state index contributed by atoms with van der Waals surface area (Å²) in [5, 5.41) is 4.78. The van der Waals surface area contributed by atoms with Gasteiger partial charge in [0.15, 0.2) is 11.0 Å². The van der Waals surface area contributed by atoms with Gasteiger partial charge in [0.05, 0.1) is 5.25 Å². The van der Waals surface area contributed by atoms with Crippen molar-refractivity contribution >= 4 is 11.8 Å². The lowest BCUT2D eigenvalue weighted by Crippen LogP contribution is -1.97. The van der Waals surface area contributed by atoms with Gasteiger partial charge in [-0.3, -0.25) is 4.57 Å². The van der Waals surface area contributed by atoms with Gasteiger partial charge < -0.3 is 4.52 Å². The highest BCUT2D eigenvalue weighted by Crippen LogP contribution is 2.33. The Morgan fingerprint density at radius 2 is 2.05 bits per heavy atom. The van der Waals surface area contributed by atoms with E-state index in [-0.39, 0.29) is 5.25 Å². The summed E-state index contributed by atoms with van der Waals surface area (Å²) in [7, 11) is 0. The molecule has 102 valence electrons. The molecule has 5 nitrogen and oxygen atoms in total. The molecule has 0 saturated carbocycles. The third-order valence-electron chi connectivity index (χ3n) is 2.81. The number of hydrogen-bond acceptors (Lipinski definition) is 5. The van der Waals surface area contributed by atoms with Crippen LogP contribution < -0.4 is 0 Å². The fraction of sp³-hybridized carbons (Fsp3) is 0.214. The molecule has 0 spiro atoms. The van der Waals surface area contributed by atoms with Crippen LogP contribution in [-0.2, 0) is 0 Å². The van der Waals surface area contributed by atoms with E-state index in [1.54, 1.807) is 18.0 Å². The second kappa shape index (κ2) is 5.50. The van der Waals surface area contributed by atoms with Crippen LogP contribution >= 0.6 is 11.8 Å². The second-order valence-corrected chi connectivity index (χ2v) is 5.66. The number of benzene rings is 1. The van der Waals surface area contributed by atoms with Gasteiger partial charge in [0.2, 0.25) is 5.89 Å². The van der Waals surface area contributed by atoms with E-state index >= 15 is 0 Å². The highest BCUT2D eigenvalue weighted by molar-refractivity contribution is 7.99. The number of rotatable bonds is 4. The van der Waals surface area contributed by atoms with E-state index in [4.69, 9.17) is 4.52 Å². The van der Waals surface area contributed by atoms with Gasteiger partial charge in [-0.1, -0.05) is 35.1 Å². The molecular weight excluding hydrogens is 272 g/mol. The lowest BCUT2D eigenvalue weighted by atomic mass is 10.3. The van der Waals surface area contributed by atoms with Crippen LogP contribution in [0.4, 0.5) is 0 Å². The zero-order valence-electron chi connectivity index (χ0n) is 11.2. The Kier molecular flexibility index (Phi) is 3.56. The van der Waals surface area contributed by atoms with Crippen molar-refractivity contribution in [2.45, 2.75) is 24.3 Å². The first kappa shape index (κ1) is 12.9. The highest BCUT2D eigenvalue weighted by atomic mass is 32.2. The third kappa shape index (κ3) is 2.60.